The number of aromatic amines is 1. The summed E-state index contributed by atoms with van der Waals surface area (Å²) in [5.41, 5.74) is 0. The van der Waals surface area contributed by atoms with Crippen molar-refractivity contribution in [2.75, 3.05) is 18.5 Å². The minimum Gasteiger partial charge on any atom is -0.370 e. The average molecular weight is 300 g/mol. The van der Waals surface area contributed by atoms with Crippen molar-refractivity contribution >= 4 is 5.82 Å². The summed E-state index contributed by atoms with van der Waals surface area (Å²) in [4.78, 5) is 13.3. The van der Waals surface area contributed by atoms with Crippen molar-refractivity contribution in [3.8, 4) is 0 Å². The number of rotatable bonds is 5. The molecule has 3 heterocycles. The summed E-state index contributed by atoms with van der Waals surface area (Å²) in [6, 6.07) is 1.92. The largest absolute Gasteiger partial charge is 0.370 e. The van der Waals surface area contributed by atoms with Gasteiger partial charge >= 0.3 is 0 Å². The molecule has 2 atom stereocenters. The molecule has 1 aliphatic carbocycles. The van der Waals surface area contributed by atoms with Gasteiger partial charge in [0.2, 0.25) is 0 Å². The van der Waals surface area contributed by atoms with Gasteiger partial charge in [0.05, 0.1) is 0 Å². The van der Waals surface area contributed by atoms with Crippen molar-refractivity contribution in [1.29, 1.82) is 0 Å². The van der Waals surface area contributed by atoms with Crippen LogP contribution in [-0.2, 0) is 4.74 Å². The Morgan fingerprint density at radius 2 is 2.18 bits per heavy atom. The van der Waals surface area contributed by atoms with Gasteiger partial charge in [-0.1, -0.05) is 0 Å². The predicted octanol–water partition coefficient (Wildman–Crippen LogP) is 1.97. The summed E-state index contributed by atoms with van der Waals surface area (Å²) < 4.78 is 5.81. The molecule has 22 heavy (non-hydrogen) atoms. The summed E-state index contributed by atoms with van der Waals surface area (Å²) in [6.07, 6.45) is 5.23. The Kier molecular flexibility index (Phi) is 3.49. The number of aryl methyl sites for hydroxylation is 1. The lowest BCUT2D eigenvalue weighted by Gasteiger charge is -2.16. The molecule has 4 rings (SSSR count). The lowest BCUT2D eigenvalue weighted by Crippen LogP contribution is -2.19. The van der Waals surface area contributed by atoms with Crippen LogP contribution in [-0.4, -0.2) is 38.3 Å². The molecule has 2 aromatic heterocycles. The molecule has 0 aromatic carbocycles. The van der Waals surface area contributed by atoms with Crippen molar-refractivity contribution in [2.24, 2.45) is 5.92 Å². The summed E-state index contributed by atoms with van der Waals surface area (Å²) >= 11 is 0. The molecule has 1 saturated heterocycles. The van der Waals surface area contributed by atoms with Crippen LogP contribution in [0.1, 0.15) is 48.8 Å². The topological polar surface area (TPSA) is 88.6 Å². The van der Waals surface area contributed by atoms with E-state index in [9.17, 15) is 0 Å². The third kappa shape index (κ3) is 2.81. The van der Waals surface area contributed by atoms with E-state index in [-0.39, 0.29) is 6.10 Å². The van der Waals surface area contributed by atoms with Gasteiger partial charge in [0, 0.05) is 31.2 Å². The number of anilines is 1. The molecule has 1 aliphatic heterocycles. The molecule has 0 amide bonds. The van der Waals surface area contributed by atoms with Crippen LogP contribution in [0, 0.1) is 12.8 Å². The first-order valence-electron chi connectivity index (χ1n) is 7.87. The van der Waals surface area contributed by atoms with Crippen LogP contribution in [0.3, 0.4) is 0 Å². The standard InChI is InChI=1S/C15H20N6O/c1-9-18-15(21-20-9)13-11(5-7-22-13)8-17-12-4-6-16-14(19-12)10-2-3-10/h4,6,10-11,13H,2-3,5,7-8H2,1H3,(H,16,17,19)(H,18,20,21)/t11-,13-/m0/s1. The van der Waals surface area contributed by atoms with Crippen LogP contribution < -0.4 is 5.32 Å². The maximum absolute atomic E-state index is 5.81. The minimum absolute atomic E-state index is 0.0396. The fraction of sp³-hybridized carbons (Fsp3) is 0.600. The predicted molar refractivity (Wildman–Crippen MR) is 80.4 cm³/mol. The van der Waals surface area contributed by atoms with E-state index < -0.39 is 0 Å². The van der Waals surface area contributed by atoms with Gasteiger partial charge in [0.1, 0.15) is 23.6 Å². The zero-order chi connectivity index (χ0) is 14.9. The zero-order valence-electron chi connectivity index (χ0n) is 12.6. The van der Waals surface area contributed by atoms with Gasteiger partial charge in [-0.2, -0.15) is 5.10 Å². The van der Waals surface area contributed by atoms with Crippen molar-refractivity contribution < 1.29 is 4.74 Å². The lowest BCUT2D eigenvalue weighted by molar-refractivity contribution is 0.0863. The highest BCUT2D eigenvalue weighted by atomic mass is 16.5. The van der Waals surface area contributed by atoms with E-state index in [1.165, 1.54) is 12.8 Å². The van der Waals surface area contributed by atoms with Crippen LogP contribution in [0.4, 0.5) is 5.82 Å². The van der Waals surface area contributed by atoms with Crippen molar-refractivity contribution in [3.05, 3.63) is 29.7 Å². The number of nitrogens with one attached hydrogen (secondary N) is 2. The third-order valence-corrected chi connectivity index (χ3v) is 4.25. The van der Waals surface area contributed by atoms with Gasteiger partial charge in [-0.15, -0.1) is 0 Å². The average Bonchev–Trinajstić information content (AvgIpc) is 3.13. The first-order chi connectivity index (χ1) is 10.8. The van der Waals surface area contributed by atoms with Gasteiger partial charge < -0.3 is 10.1 Å². The number of hydrogen-bond donors (Lipinski definition) is 2. The molecule has 0 unspecified atom stereocenters. The number of H-pyrrole nitrogens is 1. The van der Waals surface area contributed by atoms with Crippen LogP contribution >= 0.6 is 0 Å². The van der Waals surface area contributed by atoms with E-state index in [1.807, 2.05) is 19.2 Å². The minimum atomic E-state index is -0.0396. The Balaban J connectivity index is 1.41. The van der Waals surface area contributed by atoms with E-state index in [2.05, 4.69) is 30.5 Å². The van der Waals surface area contributed by atoms with Crippen LogP contribution in [0.15, 0.2) is 12.3 Å². The monoisotopic (exact) mass is 300 g/mol. The summed E-state index contributed by atoms with van der Waals surface area (Å²) in [5, 5.41) is 10.5. The molecule has 2 N–H and O–H groups in total. The lowest BCUT2D eigenvalue weighted by atomic mass is 10.0. The molecular formula is C15H20N6O. The molecule has 7 nitrogen and oxygen atoms in total. The van der Waals surface area contributed by atoms with Gasteiger partial charge in [-0.05, 0) is 32.3 Å². The Morgan fingerprint density at radius 3 is 2.95 bits per heavy atom. The number of ether oxygens (including phenoxy) is 1. The smallest absolute Gasteiger partial charge is 0.179 e. The highest BCUT2D eigenvalue weighted by Gasteiger charge is 2.32. The Morgan fingerprint density at radius 1 is 1.27 bits per heavy atom. The number of hydrogen-bond acceptors (Lipinski definition) is 6. The van der Waals surface area contributed by atoms with E-state index >= 15 is 0 Å². The number of aromatic nitrogens is 5. The first-order valence-corrected chi connectivity index (χ1v) is 7.87. The van der Waals surface area contributed by atoms with Crippen molar-refractivity contribution in [3.63, 3.8) is 0 Å². The molecule has 1 saturated carbocycles. The Hall–Kier alpha value is -2.02. The molecule has 0 radical (unpaired) electrons. The van der Waals surface area contributed by atoms with Gasteiger partial charge in [-0.3, -0.25) is 5.10 Å². The normalized spacial score (nSPS) is 24.6. The Bertz CT molecular complexity index is 653. The van der Waals surface area contributed by atoms with Crippen molar-refractivity contribution in [2.45, 2.75) is 38.2 Å². The van der Waals surface area contributed by atoms with Gasteiger partial charge in [0.25, 0.3) is 0 Å². The number of nitrogens with zero attached hydrogens (tertiary/aromatic N) is 4. The molecule has 2 fully saturated rings. The van der Waals surface area contributed by atoms with E-state index in [0.29, 0.717) is 11.8 Å². The van der Waals surface area contributed by atoms with E-state index in [0.717, 1.165) is 42.9 Å². The first kappa shape index (κ1) is 13.6. The summed E-state index contributed by atoms with van der Waals surface area (Å²) in [7, 11) is 0. The molecule has 116 valence electrons. The molecule has 2 aromatic rings. The van der Waals surface area contributed by atoms with E-state index in [4.69, 9.17) is 4.74 Å². The summed E-state index contributed by atoms with van der Waals surface area (Å²) in [5.74, 6) is 4.36. The highest BCUT2D eigenvalue weighted by molar-refractivity contribution is 5.34. The fourth-order valence-corrected chi connectivity index (χ4v) is 2.86. The maximum atomic E-state index is 5.81. The van der Waals surface area contributed by atoms with E-state index in [1.54, 1.807) is 0 Å². The molecule has 7 heteroatoms. The highest BCUT2D eigenvalue weighted by Crippen LogP contribution is 2.38. The second kappa shape index (κ2) is 5.64. The Labute approximate surface area is 128 Å². The SMILES string of the molecule is Cc1nc([C@H]2OCC[C@H]2CNc2ccnc(C3CC3)n2)n[nH]1. The molecular weight excluding hydrogens is 280 g/mol. The fourth-order valence-electron chi connectivity index (χ4n) is 2.86. The quantitative estimate of drug-likeness (QED) is 0.877. The van der Waals surface area contributed by atoms with Crippen LogP contribution in [0.2, 0.25) is 0 Å². The molecule has 2 aliphatic rings. The second-order valence-electron chi connectivity index (χ2n) is 6.07. The molecule has 0 spiro atoms. The van der Waals surface area contributed by atoms with Crippen LogP contribution in [0.5, 0.6) is 0 Å². The maximum Gasteiger partial charge on any atom is 0.179 e. The van der Waals surface area contributed by atoms with Gasteiger partial charge in [-0.25, -0.2) is 15.0 Å². The van der Waals surface area contributed by atoms with Crippen molar-refractivity contribution in [1.82, 2.24) is 25.1 Å². The third-order valence-electron chi connectivity index (χ3n) is 4.25. The molecule has 0 bridgehead atoms. The summed E-state index contributed by atoms with van der Waals surface area (Å²) in [6.45, 7) is 3.46. The second-order valence-corrected chi connectivity index (χ2v) is 6.07. The zero-order valence-corrected chi connectivity index (χ0v) is 12.6. The van der Waals surface area contributed by atoms with Gasteiger partial charge in [0.15, 0.2) is 5.82 Å². The van der Waals surface area contributed by atoms with Crippen LogP contribution in [0.25, 0.3) is 0 Å².